The highest BCUT2D eigenvalue weighted by molar-refractivity contribution is 5.30. The number of benzene rings is 1. The Labute approximate surface area is 119 Å². The second-order valence-corrected chi connectivity index (χ2v) is 4.67. The van der Waals surface area contributed by atoms with Crippen LogP contribution < -0.4 is 5.73 Å². The van der Waals surface area contributed by atoms with Gasteiger partial charge in [0.1, 0.15) is 11.6 Å². The van der Waals surface area contributed by atoms with Gasteiger partial charge in [0.15, 0.2) is 0 Å². The van der Waals surface area contributed by atoms with Crippen LogP contribution in [0.25, 0.3) is 0 Å². The molecule has 1 unspecified atom stereocenters. The van der Waals surface area contributed by atoms with E-state index >= 15 is 0 Å². The Balaban J connectivity index is 2.28. The minimum atomic E-state index is -4.52. The van der Waals surface area contributed by atoms with Crippen LogP contribution in [-0.2, 0) is 19.1 Å². The van der Waals surface area contributed by atoms with Gasteiger partial charge in [-0.05, 0) is 25.1 Å². The molecule has 0 spiro atoms. The molecule has 0 bridgehead atoms. The molecular formula is C14H15F4N3. The number of alkyl halides is 3. The summed E-state index contributed by atoms with van der Waals surface area (Å²) in [6, 6.07) is 1.38. The van der Waals surface area contributed by atoms with Crippen molar-refractivity contribution in [1.82, 2.24) is 9.55 Å². The summed E-state index contributed by atoms with van der Waals surface area (Å²) in [5.74, 6) is -0.132. The zero-order chi connectivity index (χ0) is 15.6. The molecule has 0 radical (unpaired) electrons. The van der Waals surface area contributed by atoms with E-state index in [1.807, 2.05) is 11.5 Å². The average molecular weight is 301 g/mol. The number of aromatic nitrogens is 2. The summed E-state index contributed by atoms with van der Waals surface area (Å²) in [5.41, 5.74) is 4.80. The fourth-order valence-corrected chi connectivity index (χ4v) is 2.13. The van der Waals surface area contributed by atoms with Crippen molar-refractivity contribution in [3.05, 3.63) is 53.4 Å². The topological polar surface area (TPSA) is 43.8 Å². The molecule has 1 aromatic heterocycles. The highest BCUT2D eigenvalue weighted by Crippen LogP contribution is 2.32. The van der Waals surface area contributed by atoms with Crippen LogP contribution in [0.15, 0.2) is 30.6 Å². The number of aryl methyl sites for hydroxylation is 1. The third-order valence-corrected chi connectivity index (χ3v) is 3.27. The van der Waals surface area contributed by atoms with Gasteiger partial charge in [0.2, 0.25) is 0 Å². The predicted molar refractivity (Wildman–Crippen MR) is 69.9 cm³/mol. The maximum Gasteiger partial charge on any atom is 0.416 e. The first-order valence-electron chi connectivity index (χ1n) is 6.45. The smallest absolute Gasteiger partial charge is 0.335 e. The quantitative estimate of drug-likeness (QED) is 0.881. The van der Waals surface area contributed by atoms with Gasteiger partial charge in [-0.3, -0.25) is 0 Å². The number of hydrogen-bond acceptors (Lipinski definition) is 2. The van der Waals surface area contributed by atoms with Crippen molar-refractivity contribution in [2.45, 2.75) is 32.1 Å². The van der Waals surface area contributed by atoms with Crippen LogP contribution >= 0.6 is 0 Å². The Morgan fingerprint density at radius 1 is 1.33 bits per heavy atom. The lowest BCUT2D eigenvalue weighted by atomic mass is 10.0. The predicted octanol–water partition coefficient (Wildman–Crippen LogP) is 3.30. The largest absolute Gasteiger partial charge is 0.416 e. The molecule has 0 aliphatic rings. The van der Waals surface area contributed by atoms with Crippen LogP contribution in [0.2, 0.25) is 0 Å². The molecule has 1 aromatic carbocycles. The van der Waals surface area contributed by atoms with Crippen LogP contribution in [0.4, 0.5) is 17.6 Å². The molecule has 2 rings (SSSR count). The summed E-state index contributed by atoms with van der Waals surface area (Å²) in [4.78, 5) is 4.09. The summed E-state index contributed by atoms with van der Waals surface area (Å²) >= 11 is 0. The highest BCUT2D eigenvalue weighted by atomic mass is 19.4. The maximum atomic E-state index is 13.7. The molecule has 1 atom stereocenters. The van der Waals surface area contributed by atoms with Gasteiger partial charge in [0.05, 0.1) is 5.56 Å². The van der Waals surface area contributed by atoms with E-state index < -0.39 is 23.6 Å². The zero-order valence-electron chi connectivity index (χ0n) is 11.4. The lowest BCUT2D eigenvalue weighted by molar-refractivity contribution is -0.137. The third-order valence-electron chi connectivity index (χ3n) is 3.27. The van der Waals surface area contributed by atoms with Crippen LogP contribution in [0.5, 0.6) is 0 Å². The minimum absolute atomic E-state index is 0.157. The van der Waals surface area contributed by atoms with Gasteiger partial charge >= 0.3 is 6.18 Å². The fourth-order valence-electron chi connectivity index (χ4n) is 2.13. The van der Waals surface area contributed by atoms with Crippen molar-refractivity contribution in [2.75, 3.05) is 0 Å². The second kappa shape index (κ2) is 5.85. The molecule has 0 saturated heterocycles. The summed E-state index contributed by atoms with van der Waals surface area (Å²) < 4.78 is 53.6. The first-order chi connectivity index (χ1) is 9.82. The molecule has 3 nitrogen and oxygen atoms in total. The summed E-state index contributed by atoms with van der Waals surface area (Å²) in [6.45, 7) is 2.56. The van der Waals surface area contributed by atoms with E-state index in [1.165, 1.54) is 0 Å². The minimum Gasteiger partial charge on any atom is -0.335 e. The van der Waals surface area contributed by atoms with Crippen molar-refractivity contribution in [2.24, 2.45) is 5.73 Å². The van der Waals surface area contributed by atoms with Gasteiger partial charge in [0, 0.05) is 37.0 Å². The number of nitrogens with zero attached hydrogens (tertiary/aromatic N) is 2. The van der Waals surface area contributed by atoms with Crippen LogP contribution in [0.3, 0.4) is 0 Å². The van der Waals surface area contributed by atoms with E-state index in [4.69, 9.17) is 5.73 Å². The van der Waals surface area contributed by atoms with Gasteiger partial charge in [-0.25, -0.2) is 9.37 Å². The normalized spacial score (nSPS) is 13.4. The Bertz CT molecular complexity index is 619. The molecule has 0 aliphatic carbocycles. The molecule has 7 heteroatoms. The molecule has 0 saturated carbocycles. The van der Waals surface area contributed by atoms with E-state index in [0.717, 1.165) is 12.1 Å². The molecular weight excluding hydrogens is 286 g/mol. The molecule has 21 heavy (non-hydrogen) atoms. The second-order valence-electron chi connectivity index (χ2n) is 4.67. The van der Waals surface area contributed by atoms with Gasteiger partial charge in [0.25, 0.3) is 0 Å². The summed E-state index contributed by atoms with van der Waals surface area (Å²) in [7, 11) is 0. The van der Waals surface area contributed by atoms with E-state index in [9.17, 15) is 17.6 Å². The standard InChI is InChI=1S/C14H15F4N3/c1-2-21-6-5-20-13(21)8-12(19)10-7-9(14(16,17)18)3-4-11(10)15/h3-7,12H,2,8,19H2,1H3. The van der Waals surface area contributed by atoms with Gasteiger partial charge < -0.3 is 10.3 Å². The number of halogens is 4. The number of imidazole rings is 1. The molecule has 0 amide bonds. The third kappa shape index (κ3) is 3.41. The SMILES string of the molecule is CCn1ccnc1CC(N)c1cc(C(F)(F)F)ccc1F. The number of rotatable bonds is 4. The highest BCUT2D eigenvalue weighted by Gasteiger charge is 2.31. The molecule has 1 heterocycles. The van der Waals surface area contributed by atoms with E-state index in [1.54, 1.807) is 12.4 Å². The van der Waals surface area contributed by atoms with Crippen molar-refractivity contribution >= 4 is 0 Å². The van der Waals surface area contributed by atoms with Gasteiger partial charge in [-0.1, -0.05) is 0 Å². The zero-order valence-corrected chi connectivity index (χ0v) is 11.4. The van der Waals surface area contributed by atoms with E-state index in [-0.39, 0.29) is 12.0 Å². The Hall–Kier alpha value is -1.89. The Morgan fingerprint density at radius 2 is 2.05 bits per heavy atom. The monoisotopic (exact) mass is 301 g/mol. The molecule has 114 valence electrons. The van der Waals surface area contributed by atoms with Crippen LogP contribution in [0.1, 0.15) is 29.9 Å². The van der Waals surface area contributed by atoms with Gasteiger partial charge in [-0.2, -0.15) is 13.2 Å². The first kappa shape index (κ1) is 15.5. The Kier molecular flexibility index (Phi) is 4.32. The van der Waals surface area contributed by atoms with E-state index in [2.05, 4.69) is 4.98 Å². The van der Waals surface area contributed by atoms with Crippen LogP contribution in [-0.4, -0.2) is 9.55 Å². The summed E-state index contributed by atoms with van der Waals surface area (Å²) in [5, 5.41) is 0. The first-order valence-corrected chi connectivity index (χ1v) is 6.45. The number of hydrogen-bond donors (Lipinski definition) is 1. The summed E-state index contributed by atoms with van der Waals surface area (Å²) in [6.07, 6.45) is -1.04. The molecule has 2 aromatic rings. The molecule has 0 fully saturated rings. The molecule has 0 aliphatic heterocycles. The van der Waals surface area contributed by atoms with Crippen LogP contribution in [0, 0.1) is 5.82 Å². The number of nitrogens with two attached hydrogens (primary N) is 1. The molecule has 2 N–H and O–H groups in total. The van der Waals surface area contributed by atoms with Crippen molar-refractivity contribution in [1.29, 1.82) is 0 Å². The van der Waals surface area contributed by atoms with Gasteiger partial charge in [-0.15, -0.1) is 0 Å². The maximum absolute atomic E-state index is 13.7. The van der Waals surface area contributed by atoms with Crippen molar-refractivity contribution < 1.29 is 17.6 Å². The van der Waals surface area contributed by atoms with Crippen molar-refractivity contribution in [3.8, 4) is 0 Å². The lowest BCUT2D eigenvalue weighted by Crippen LogP contribution is -2.19. The van der Waals surface area contributed by atoms with E-state index in [0.29, 0.717) is 18.4 Å². The Morgan fingerprint density at radius 3 is 2.67 bits per heavy atom. The lowest BCUT2D eigenvalue weighted by Gasteiger charge is -2.16. The average Bonchev–Trinajstić information content (AvgIpc) is 2.84. The van der Waals surface area contributed by atoms with Crippen molar-refractivity contribution in [3.63, 3.8) is 0 Å². The fraction of sp³-hybridized carbons (Fsp3) is 0.357.